The van der Waals surface area contributed by atoms with Crippen molar-refractivity contribution in [1.82, 2.24) is 20.5 Å². The number of rotatable bonds is 5. The van der Waals surface area contributed by atoms with Crippen molar-refractivity contribution in [2.75, 3.05) is 13.2 Å². The van der Waals surface area contributed by atoms with Crippen molar-refractivity contribution in [3.05, 3.63) is 60.0 Å². The quantitative estimate of drug-likeness (QED) is 0.749. The number of benzene rings is 1. The van der Waals surface area contributed by atoms with Crippen LogP contribution in [0.15, 0.2) is 48.8 Å². The minimum atomic E-state index is 0.181. The minimum absolute atomic E-state index is 0.181. The van der Waals surface area contributed by atoms with Gasteiger partial charge in [-0.05, 0) is 42.8 Å². The summed E-state index contributed by atoms with van der Waals surface area (Å²) in [5, 5.41) is 10.9. The number of pyridine rings is 1. The molecule has 25 heavy (non-hydrogen) atoms. The summed E-state index contributed by atoms with van der Waals surface area (Å²) in [7, 11) is 0. The van der Waals surface area contributed by atoms with Crippen LogP contribution in [0, 0.1) is 0 Å². The van der Waals surface area contributed by atoms with E-state index in [0.29, 0.717) is 19.8 Å². The minimum Gasteiger partial charge on any atom is -0.486 e. The summed E-state index contributed by atoms with van der Waals surface area (Å²) in [4.78, 5) is 4.13. The molecule has 0 spiro atoms. The number of fused-ring (bicyclic) bond motifs is 1. The predicted octanol–water partition coefficient (Wildman–Crippen LogP) is 3.09. The van der Waals surface area contributed by atoms with Crippen LogP contribution in [0.5, 0.6) is 11.5 Å². The maximum atomic E-state index is 5.65. The molecule has 0 amide bonds. The summed E-state index contributed by atoms with van der Waals surface area (Å²) in [5.41, 5.74) is 4.10. The van der Waals surface area contributed by atoms with E-state index in [4.69, 9.17) is 9.47 Å². The fourth-order valence-electron chi connectivity index (χ4n) is 2.82. The Labute approximate surface area is 146 Å². The van der Waals surface area contributed by atoms with E-state index in [2.05, 4.69) is 33.5 Å². The smallest absolute Gasteiger partial charge is 0.161 e. The van der Waals surface area contributed by atoms with E-state index in [1.807, 2.05) is 36.5 Å². The van der Waals surface area contributed by atoms with Gasteiger partial charge in [-0.2, -0.15) is 5.10 Å². The fraction of sp³-hybridized carbons (Fsp3) is 0.263. The van der Waals surface area contributed by atoms with Crippen molar-refractivity contribution >= 4 is 0 Å². The Bertz CT molecular complexity index is 848. The number of ether oxygens (including phenoxy) is 2. The third-order valence-electron chi connectivity index (χ3n) is 4.25. The molecule has 0 radical (unpaired) electrons. The van der Waals surface area contributed by atoms with Gasteiger partial charge in [-0.1, -0.05) is 6.07 Å². The van der Waals surface area contributed by atoms with Crippen molar-refractivity contribution < 1.29 is 9.47 Å². The van der Waals surface area contributed by atoms with Gasteiger partial charge in [0.05, 0.1) is 5.69 Å². The normalized spacial score (nSPS) is 14.3. The average Bonchev–Trinajstić information content (AvgIpc) is 3.15. The first kappa shape index (κ1) is 15.7. The van der Waals surface area contributed by atoms with E-state index in [-0.39, 0.29) is 6.04 Å². The number of aromatic amines is 1. The number of nitrogens with zero attached hydrogens (tertiary/aromatic N) is 2. The van der Waals surface area contributed by atoms with Gasteiger partial charge in [-0.3, -0.25) is 10.1 Å². The van der Waals surface area contributed by atoms with Crippen LogP contribution in [0.1, 0.15) is 24.2 Å². The molecule has 4 rings (SSSR count). The van der Waals surface area contributed by atoms with E-state index < -0.39 is 0 Å². The van der Waals surface area contributed by atoms with E-state index in [9.17, 15) is 0 Å². The first-order valence-corrected chi connectivity index (χ1v) is 8.37. The number of aromatic nitrogens is 3. The first-order chi connectivity index (χ1) is 12.3. The highest BCUT2D eigenvalue weighted by Gasteiger charge is 2.14. The van der Waals surface area contributed by atoms with Crippen LogP contribution in [0.4, 0.5) is 0 Å². The fourth-order valence-corrected chi connectivity index (χ4v) is 2.82. The Hall–Kier alpha value is -2.86. The lowest BCUT2D eigenvalue weighted by atomic mass is 10.1. The Morgan fingerprint density at radius 3 is 2.88 bits per heavy atom. The van der Waals surface area contributed by atoms with Crippen LogP contribution in [-0.4, -0.2) is 28.4 Å². The third kappa shape index (κ3) is 3.49. The largest absolute Gasteiger partial charge is 0.486 e. The van der Waals surface area contributed by atoms with Crippen LogP contribution >= 0.6 is 0 Å². The highest BCUT2D eigenvalue weighted by Crippen LogP contribution is 2.32. The van der Waals surface area contributed by atoms with Crippen molar-refractivity contribution in [1.29, 1.82) is 0 Å². The lowest BCUT2D eigenvalue weighted by Gasteiger charge is -2.21. The van der Waals surface area contributed by atoms with Gasteiger partial charge in [0, 0.05) is 36.2 Å². The number of hydrogen-bond donors (Lipinski definition) is 2. The molecule has 3 aromatic rings. The van der Waals surface area contributed by atoms with Crippen LogP contribution in [0.2, 0.25) is 0 Å². The summed E-state index contributed by atoms with van der Waals surface area (Å²) in [6, 6.07) is 12.2. The lowest BCUT2D eigenvalue weighted by Crippen LogP contribution is -2.19. The van der Waals surface area contributed by atoms with Gasteiger partial charge >= 0.3 is 0 Å². The van der Waals surface area contributed by atoms with Gasteiger partial charge in [0.1, 0.15) is 13.2 Å². The van der Waals surface area contributed by atoms with Crippen molar-refractivity contribution in [3.63, 3.8) is 0 Å². The SMILES string of the molecule is C[C@@H](NCc1cc(-c2cccnc2)n[nH]1)c1ccc2c(c1)OCCO2. The molecule has 0 fully saturated rings. The summed E-state index contributed by atoms with van der Waals surface area (Å²) in [6.07, 6.45) is 3.57. The molecule has 128 valence electrons. The maximum Gasteiger partial charge on any atom is 0.161 e. The van der Waals surface area contributed by atoms with Crippen LogP contribution in [0.25, 0.3) is 11.3 Å². The molecular formula is C19H20N4O2. The molecule has 6 heteroatoms. The molecule has 0 aliphatic carbocycles. The first-order valence-electron chi connectivity index (χ1n) is 8.37. The summed E-state index contributed by atoms with van der Waals surface area (Å²) in [6.45, 7) is 4.04. The molecule has 2 N–H and O–H groups in total. The zero-order valence-electron chi connectivity index (χ0n) is 14.0. The molecule has 1 atom stereocenters. The van der Waals surface area contributed by atoms with E-state index in [1.165, 1.54) is 0 Å². The molecule has 0 saturated heterocycles. The van der Waals surface area contributed by atoms with Gasteiger partial charge in [-0.15, -0.1) is 0 Å². The standard InChI is InChI=1S/C19H20N4O2/c1-13(14-4-5-18-19(9-14)25-8-7-24-18)21-12-16-10-17(23-22-16)15-3-2-6-20-11-15/h2-6,9-11,13,21H,7-8,12H2,1H3,(H,22,23)/t13-/m1/s1. The Morgan fingerprint density at radius 1 is 1.16 bits per heavy atom. The second-order valence-electron chi connectivity index (χ2n) is 6.03. The molecule has 1 aliphatic rings. The van der Waals surface area contributed by atoms with E-state index in [1.54, 1.807) is 6.20 Å². The molecule has 6 nitrogen and oxygen atoms in total. The molecular weight excluding hydrogens is 316 g/mol. The molecule has 0 saturated carbocycles. The van der Waals surface area contributed by atoms with Crippen LogP contribution < -0.4 is 14.8 Å². The van der Waals surface area contributed by atoms with Gasteiger partial charge < -0.3 is 14.8 Å². The lowest BCUT2D eigenvalue weighted by molar-refractivity contribution is 0.171. The molecule has 1 aliphatic heterocycles. The summed E-state index contributed by atoms with van der Waals surface area (Å²) in [5.74, 6) is 1.63. The van der Waals surface area contributed by atoms with Gasteiger partial charge in [0.15, 0.2) is 11.5 Å². The number of nitrogens with one attached hydrogen (secondary N) is 2. The number of hydrogen-bond acceptors (Lipinski definition) is 5. The van der Waals surface area contributed by atoms with Gasteiger partial charge in [0.25, 0.3) is 0 Å². The highest BCUT2D eigenvalue weighted by atomic mass is 16.6. The van der Waals surface area contributed by atoms with Crippen molar-refractivity contribution in [3.8, 4) is 22.8 Å². The Kier molecular flexibility index (Phi) is 4.35. The molecule has 3 heterocycles. The second kappa shape index (κ2) is 6.94. The molecule has 0 unspecified atom stereocenters. The topological polar surface area (TPSA) is 72.1 Å². The number of H-pyrrole nitrogens is 1. The second-order valence-corrected chi connectivity index (χ2v) is 6.03. The van der Waals surface area contributed by atoms with Crippen LogP contribution in [0.3, 0.4) is 0 Å². The van der Waals surface area contributed by atoms with Crippen molar-refractivity contribution in [2.24, 2.45) is 0 Å². The third-order valence-corrected chi connectivity index (χ3v) is 4.25. The maximum absolute atomic E-state index is 5.65. The molecule has 0 bridgehead atoms. The van der Waals surface area contributed by atoms with E-state index in [0.717, 1.165) is 34.0 Å². The molecule has 1 aromatic carbocycles. The molecule has 2 aromatic heterocycles. The van der Waals surface area contributed by atoms with Crippen molar-refractivity contribution in [2.45, 2.75) is 19.5 Å². The average molecular weight is 336 g/mol. The highest BCUT2D eigenvalue weighted by molar-refractivity contribution is 5.57. The summed E-state index contributed by atoms with van der Waals surface area (Å²) >= 11 is 0. The van der Waals surface area contributed by atoms with Crippen LogP contribution in [-0.2, 0) is 6.54 Å². The van der Waals surface area contributed by atoms with Gasteiger partial charge in [-0.25, -0.2) is 0 Å². The predicted molar refractivity (Wildman–Crippen MR) is 94.5 cm³/mol. The monoisotopic (exact) mass is 336 g/mol. The zero-order valence-corrected chi connectivity index (χ0v) is 14.0. The van der Waals surface area contributed by atoms with Gasteiger partial charge in [0.2, 0.25) is 0 Å². The zero-order chi connectivity index (χ0) is 17.1. The summed E-state index contributed by atoms with van der Waals surface area (Å²) < 4.78 is 11.2. The Balaban J connectivity index is 1.40. The van der Waals surface area contributed by atoms with E-state index >= 15 is 0 Å². The Morgan fingerprint density at radius 2 is 2.04 bits per heavy atom.